The van der Waals surface area contributed by atoms with E-state index in [0.717, 1.165) is 18.1 Å². The summed E-state index contributed by atoms with van der Waals surface area (Å²) in [6, 6.07) is 8.88. The van der Waals surface area contributed by atoms with Crippen LogP contribution >= 0.6 is 11.8 Å². The Bertz CT molecular complexity index is 371. The molecule has 2 rings (SSSR count). The molecule has 1 fully saturated rings. The Morgan fingerprint density at radius 3 is 2.53 bits per heavy atom. The van der Waals surface area contributed by atoms with E-state index in [2.05, 4.69) is 38.1 Å². The third-order valence-corrected chi connectivity index (χ3v) is 4.86. The fraction of sp³-hybridized carbons (Fsp3) is 0.625. The summed E-state index contributed by atoms with van der Waals surface area (Å²) in [4.78, 5) is 0. The Morgan fingerprint density at radius 2 is 1.95 bits per heavy atom. The molecule has 2 N–H and O–H groups in total. The molecule has 2 unspecified atom stereocenters. The van der Waals surface area contributed by atoms with Crippen LogP contribution in [0.4, 0.5) is 0 Å². The Morgan fingerprint density at radius 1 is 1.26 bits per heavy atom. The Labute approximate surface area is 121 Å². The molecule has 0 spiro atoms. The first-order valence-electron chi connectivity index (χ1n) is 7.21. The molecule has 1 aliphatic rings. The number of ether oxygens (including phenoxy) is 1. The van der Waals surface area contributed by atoms with Gasteiger partial charge in [-0.25, -0.2) is 0 Å². The van der Waals surface area contributed by atoms with E-state index in [1.54, 1.807) is 0 Å². The van der Waals surface area contributed by atoms with Crippen LogP contribution in [0.3, 0.4) is 0 Å². The van der Waals surface area contributed by atoms with Crippen molar-refractivity contribution in [1.29, 1.82) is 0 Å². The number of rotatable bonds is 6. The first kappa shape index (κ1) is 14.9. The van der Waals surface area contributed by atoms with Gasteiger partial charge < -0.3 is 10.5 Å². The van der Waals surface area contributed by atoms with Gasteiger partial charge >= 0.3 is 0 Å². The molecule has 0 bridgehead atoms. The van der Waals surface area contributed by atoms with Crippen molar-refractivity contribution in [2.75, 3.05) is 18.1 Å². The van der Waals surface area contributed by atoms with Gasteiger partial charge in [0, 0.05) is 24.2 Å². The normalized spacial score (nSPS) is 20.9. The van der Waals surface area contributed by atoms with Gasteiger partial charge in [-0.2, -0.15) is 11.8 Å². The van der Waals surface area contributed by atoms with E-state index >= 15 is 0 Å². The molecule has 1 aliphatic heterocycles. The summed E-state index contributed by atoms with van der Waals surface area (Å²) in [5, 5.41) is 0. The van der Waals surface area contributed by atoms with Crippen LogP contribution in [-0.4, -0.2) is 24.2 Å². The lowest BCUT2D eigenvalue weighted by Gasteiger charge is -2.15. The van der Waals surface area contributed by atoms with E-state index in [1.807, 2.05) is 11.8 Å². The molecule has 1 saturated heterocycles. The summed E-state index contributed by atoms with van der Waals surface area (Å²) < 4.78 is 5.62. The second kappa shape index (κ2) is 7.32. The SMILES string of the molecule is CC(C)c1ccc(C(N)CSCC2CCCO2)cc1. The number of hydrogen-bond donors (Lipinski definition) is 1. The summed E-state index contributed by atoms with van der Waals surface area (Å²) >= 11 is 1.91. The summed E-state index contributed by atoms with van der Waals surface area (Å²) in [6.45, 7) is 5.37. The molecule has 19 heavy (non-hydrogen) atoms. The maximum atomic E-state index is 6.24. The molecule has 3 heteroatoms. The van der Waals surface area contributed by atoms with Crippen LogP contribution in [0.2, 0.25) is 0 Å². The van der Waals surface area contributed by atoms with Gasteiger partial charge in [0.25, 0.3) is 0 Å². The Hall–Kier alpha value is -0.510. The monoisotopic (exact) mass is 279 g/mol. The van der Waals surface area contributed by atoms with Crippen molar-refractivity contribution < 1.29 is 4.74 Å². The van der Waals surface area contributed by atoms with Crippen molar-refractivity contribution in [3.05, 3.63) is 35.4 Å². The molecule has 0 aromatic heterocycles. The van der Waals surface area contributed by atoms with Gasteiger partial charge in [-0.3, -0.25) is 0 Å². The van der Waals surface area contributed by atoms with E-state index in [0.29, 0.717) is 12.0 Å². The van der Waals surface area contributed by atoms with Crippen LogP contribution in [-0.2, 0) is 4.74 Å². The molecular formula is C16H25NOS. The predicted molar refractivity (Wildman–Crippen MR) is 83.8 cm³/mol. The zero-order valence-corrected chi connectivity index (χ0v) is 12.8. The molecule has 0 radical (unpaired) electrons. The van der Waals surface area contributed by atoms with Crippen molar-refractivity contribution in [2.24, 2.45) is 5.73 Å². The summed E-state index contributed by atoms with van der Waals surface area (Å²) in [5.41, 5.74) is 8.86. The van der Waals surface area contributed by atoms with E-state index in [-0.39, 0.29) is 6.04 Å². The third kappa shape index (κ3) is 4.51. The molecule has 0 aliphatic carbocycles. The first-order valence-corrected chi connectivity index (χ1v) is 8.37. The molecule has 2 nitrogen and oxygen atoms in total. The van der Waals surface area contributed by atoms with Gasteiger partial charge in [0.15, 0.2) is 0 Å². The van der Waals surface area contributed by atoms with Gasteiger partial charge in [-0.15, -0.1) is 0 Å². The second-order valence-corrected chi connectivity index (χ2v) is 6.68. The van der Waals surface area contributed by atoms with Crippen molar-refractivity contribution in [3.8, 4) is 0 Å². The van der Waals surface area contributed by atoms with Crippen LogP contribution in [0.5, 0.6) is 0 Å². The standard InChI is InChI=1S/C16H25NOS/c1-12(2)13-5-7-14(8-6-13)16(17)11-19-10-15-4-3-9-18-15/h5-8,12,15-16H,3-4,9-11,17H2,1-2H3. The number of benzene rings is 1. The van der Waals surface area contributed by atoms with Crippen LogP contribution in [0.1, 0.15) is 49.8 Å². The summed E-state index contributed by atoms with van der Waals surface area (Å²) in [5.74, 6) is 2.64. The quantitative estimate of drug-likeness (QED) is 0.862. The van der Waals surface area contributed by atoms with Gasteiger partial charge in [0.05, 0.1) is 6.10 Å². The van der Waals surface area contributed by atoms with Crippen molar-refractivity contribution in [3.63, 3.8) is 0 Å². The fourth-order valence-electron chi connectivity index (χ4n) is 2.33. The highest BCUT2D eigenvalue weighted by Crippen LogP contribution is 2.22. The first-order chi connectivity index (χ1) is 9.16. The number of nitrogens with two attached hydrogens (primary N) is 1. The Kier molecular flexibility index (Phi) is 5.74. The average Bonchev–Trinajstić information content (AvgIpc) is 2.92. The van der Waals surface area contributed by atoms with Crippen molar-refractivity contribution in [2.45, 2.75) is 44.8 Å². The van der Waals surface area contributed by atoms with Crippen molar-refractivity contribution >= 4 is 11.8 Å². The lowest BCUT2D eigenvalue weighted by Crippen LogP contribution is -2.16. The van der Waals surface area contributed by atoms with Crippen LogP contribution < -0.4 is 5.73 Å². The molecule has 0 amide bonds. The third-order valence-electron chi connectivity index (χ3n) is 3.66. The fourth-order valence-corrected chi connectivity index (χ4v) is 3.43. The second-order valence-electron chi connectivity index (χ2n) is 5.60. The zero-order chi connectivity index (χ0) is 13.7. The summed E-state index contributed by atoms with van der Waals surface area (Å²) in [6.07, 6.45) is 2.89. The lowest BCUT2D eigenvalue weighted by atomic mass is 10.00. The average molecular weight is 279 g/mol. The van der Waals surface area contributed by atoms with Crippen LogP contribution in [0.25, 0.3) is 0 Å². The maximum Gasteiger partial charge on any atom is 0.0666 e. The van der Waals surface area contributed by atoms with E-state index in [9.17, 15) is 0 Å². The molecule has 1 aromatic carbocycles. The molecule has 0 saturated carbocycles. The van der Waals surface area contributed by atoms with E-state index < -0.39 is 0 Å². The summed E-state index contributed by atoms with van der Waals surface area (Å²) in [7, 11) is 0. The van der Waals surface area contributed by atoms with E-state index in [1.165, 1.54) is 24.0 Å². The minimum atomic E-state index is 0.132. The van der Waals surface area contributed by atoms with Gasteiger partial charge in [-0.05, 0) is 29.9 Å². The van der Waals surface area contributed by atoms with Crippen molar-refractivity contribution in [1.82, 2.24) is 0 Å². The van der Waals surface area contributed by atoms with Gasteiger partial charge in [0.1, 0.15) is 0 Å². The van der Waals surface area contributed by atoms with Crippen LogP contribution in [0, 0.1) is 0 Å². The minimum Gasteiger partial charge on any atom is -0.377 e. The topological polar surface area (TPSA) is 35.2 Å². The highest BCUT2D eigenvalue weighted by Gasteiger charge is 2.16. The molecule has 1 heterocycles. The molecule has 1 aromatic rings. The molecule has 2 atom stereocenters. The smallest absolute Gasteiger partial charge is 0.0666 e. The maximum absolute atomic E-state index is 6.24. The lowest BCUT2D eigenvalue weighted by molar-refractivity contribution is 0.129. The highest BCUT2D eigenvalue weighted by molar-refractivity contribution is 7.99. The van der Waals surface area contributed by atoms with Gasteiger partial charge in [-0.1, -0.05) is 38.1 Å². The predicted octanol–water partition coefficient (Wildman–Crippen LogP) is 3.72. The van der Waals surface area contributed by atoms with Gasteiger partial charge in [0.2, 0.25) is 0 Å². The van der Waals surface area contributed by atoms with Crippen LogP contribution in [0.15, 0.2) is 24.3 Å². The zero-order valence-electron chi connectivity index (χ0n) is 12.0. The molecule has 106 valence electrons. The highest BCUT2D eigenvalue weighted by atomic mass is 32.2. The Balaban J connectivity index is 1.76. The largest absolute Gasteiger partial charge is 0.377 e. The number of thioether (sulfide) groups is 1. The van der Waals surface area contributed by atoms with E-state index in [4.69, 9.17) is 10.5 Å². The number of hydrogen-bond acceptors (Lipinski definition) is 3. The minimum absolute atomic E-state index is 0.132. The molecular weight excluding hydrogens is 254 g/mol.